The predicted octanol–water partition coefficient (Wildman–Crippen LogP) is 16.3. The van der Waals surface area contributed by atoms with Crippen molar-refractivity contribution < 1.29 is 13.3 Å². The highest BCUT2D eigenvalue weighted by Gasteiger charge is 2.25. The van der Waals surface area contributed by atoms with Gasteiger partial charge in [0.15, 0.2) is 0 Å². The van der Waals surface area contributed by atoms with E-state index in [4.69, 9.17) is 13.3 Å². The van der Waals surface area contributed by atoms with Gasteiger partial charge in [-0.3, -0.25) is 0 Å². The fourth-order valence-electron chi connectivity index (χ4n) is 9.15. The quantitative estimate of drug-likeness (QED) is 0.151. The third kappa shape index (κ3) is 5.25. The maximum Gasteiger partial charge on any atom is 0.143 e. The number of benzene rings is 9. The number of rotatable bonds is 7. The van der Waals surface area contributed by atoms with Gasteiger partial charge in [0.2, 0.25) is 0 Å². The van der Waals surface area contributed by atoms with Gasteiger partial charge in [0.25, 0.3) is 0 Å². The monoisotopic (exact) mass is 769 g/mol. The first-order chi connectivity index (χ1) is 29.7. The fraction of sp³-hybridized carbons (Fsp3) is 0. The van der Waals surface area contributed by atoms with Crippen LogP contribution in [-0.4, -0.2) is 0 Å². The number of para-hydroxylation sites is 2. The maximum atomic E-state index is 6.82. The minimum atomic E-state index is 0.767. The van der Waals surface area contributed by atoms with Crippen LogP contribution in [0.5, 0.6) is 0 Å². The second-order valence-electron chi connectivity index (χ2n) is 15.2. The molecule has 0 N–H and O–H groups in total. The lowest BCUT2D eigenvalue weighted by Gasteiger charge is -2.29. The van der Waals surface area contributed by atoms with Crippen LogP contribution in [0.25, 0.3) is 93.1 Å². The molecule has 0 radical (unpaired) electrons. The molecule has 60 heavy (non-hydrogen) atoms. The zero-order valence-electron chi connectivity index (χ0n) is 32.4. The van der Waals surface area contributed by atoms with Crippen LogP contribution in [0.1, 0.15) is 11.3 Å². The Morgan fingerprint density at radius 3 is 1.90 bits per heavy atom. The Morgan fingerprint density at radius 1 is 0.450 bits per heavy atom. The lowest BCUT2D eigenvalue weighted by atomic mass is 9.97. The molecule has 3 heterocycles. The summed E-state index contributed by atoms with van der Waals surface area (Å²) in [4.78, 5) is 2.36. The van der Waals surface area contributed by atoms with Crippen LogP contribution in [-0.2, 0) is 0 Å². The van der Waals surface area contributed by atoms with Crippen LogP contribution in [0.3, 0.4) is 0 Å². The summed E-state index contributed by atoms with van der Waals surface area (Å²) in [5, 5.41) is 9.81. The van der Waals surface area contributed by atoms with Gasteiger partial charge in [-0.05, 0) is 76.5 Å². The Balaban J connectivity index is 1.09. The van der Waals surface area contributed by atoms with E-state index in [0.29, 0.717) is 0 Å². The molecule has 4 heteroatoms. The van der Waals surface area contributed by atoms with Crippen molar-refractivity contribution in [3.8, 4) is 11.1 Å². The highest BCUT2D eigenvalue weighted by atomic mass is 16.3. The molecule has 282 valence electrons. The standard InChI is InChI=1S/C56H35NO3/c1-2-13-44(52-34-38-27-26-35-14-3-5-16-41(35)55(38)60-52)43-18-7-9-21-47(43)57(48-22-12-25-51-54(48)46-33-30-36-15-4-6-17-42(36)56(46)59-51)39-31-28-37(29-32-39)40-20-11-24-50-53(40)45-19-8-10-23-49(45)58-50/h2-34H,1H2/b44-13-. The Kier molecular flexibility index (Phi) is 7.66. The maximum absolute atomic E-state index is 6.82. The van der Waals surface area contributed by atoms with Crippen molar-refractivity contribution in [2.75, 3.05) is 4.90 Å². The van der Waals surface area contributed by atoms with Crippen LogP contribution >= 0.6 is 0 Å². The molecule has 0 unspecified atom stereocenters. The van der Waals surface area contributed by atoms with E-state index in [-0.39, 0.29) is 0 Å². The lowest BCUT2D eigenvalue weighted by molar-refractivity contribution is 0.603. The zero-order chi connectivity index (χ0) is 39.7. The van der Waals surface area contributed by atoms with Crippen LogP contribution in [0, 0.1) is 0 Å². The predicted molar refractivity (Wildman–Crippen MR) is 250 cm³/mol. The molecule has 9 aromatic carbocycles. The van der Waals surface area contributed by atoms with Crippen molar-refractivity contribution in [3.63, 3.8) is 0 Å². The first-order valence-corrected chi connectivity index (χ1v) is 20.2. The molecule has 3 aromatic heterocycles. The van der Waals surface area contributed by atoms with Crippen LogP contribution in [0.4, 0.5) is 17.1 Å². The molecule has 12 rings (SSSR count). The average Bonchev–Trinajstić information content (AvgIpc) is 4.03. The molecule has 0 aliphatic rings. The van der Waals surface area contributed by atoms with Gasteiger partial charge in [-0.2, -0.15) is 0 Å². The normalized spacial score (nSPS) is 12.2. The number of fused-ring (bicyclic) bond motifs is 11. The SMILES string of the molecule is C=C/C=C(\c1cc2ccc3ccccc3c2o1)c1ccccc1N(c1ccc(-c2cccc3oc4ccccc4c23)cc1)c1cccc2oc3c4ccccc4ccc3c12. The number of allylic oxidation sites excluding steroid dienone is 2. The minimum Gasteiger partial charge on any atom is -0.456 e. The molecule has 0 aliphatic heterocycles. The number of hydrogen-bond donors (Lipinski definition) is 0. The molecule has 0 saturated heterocycles. The lowest BCUT2D eigenvalue weighted by Crippen LogP contribution is -2.12. The summed E-state index contributed by atoms with van der Waals surface area (Å²) in [6, 6.07) is 65.9. The molecular weight excluding hydrogens is 735 g/mol. The van der Waals surface area contributed by atoms with E-state index < -0.39 is 0 Å². The van der Waals surface area contributed by atoms with E-state index in [1.165, 1.54) is 0 Å². The zero-order valence-corrected chi connectivity index (χ0v) is 32.4. The van der Waals surface area contributed by atoms with Crippen molar-refractivity contribution in [3.05, 3.63) is 218 Å². The van der Waals surface area contributed by atoms with Gasteiger partial charge >= 0.3 is 0 Å². The molecular formula is C56H35NO3. The summed E-state index contributed by atoms with van der Waals surface area (Å²) < 4.78 is 19.9. The van der Waals surface area contributed by atoms with E-state index in [9.17, 15) is 0 Å². The van der Waals surface area contributed by atoms with Gasteiger partial charge in [0.1, 0.15) is 33.7 Å². The molecule has 0 atom stereocenters. The second-order valence-corrected chi connectivity index (χ2v) is 15.2. The molecule has 0 spiro atoms. The average molecular weight is 770 g/mol. The molecule has 12 aromatic rings. The first-order valence-electron chi connectivity index (χ1n) is 20.2. The minimum absolute atomic E-state index is 0.767. The van der Waals surface area contributed by atoms with Crippen molar-refractivity contribution in [1.29, 1.82) is 0 Å². The van der Waals surface area contributed by atoms with Crippen LogP contribution < -0.4 is 4.90 Å². The van der Waals surface area contributed by atoms with E-state index in [1.807, 2.05) is 24.3 Å². The third-order valence-electron chi connectivity index (χ3n) is 11.8. The Morgan fingerprint density at radius 2 is 1.08 bits per heavy atom. The molecule has 0 saturated carbocycles. The van der Waals surface area contributed by atoms with Gasteiger partial charge in [-0.25, -0.2) is 0 Å². The van der Waals surface area contributed by atoms with E-state index in [1.54, 1.807) is 0 Å². The summed E-state index contributed by atoms with van der Waals surface area (Å²) in [7, 11) is 0. The third-order valence-corrected chi connectivity index (χ3v) is 11.8. The van der Waals surface area contributed by atoms with E-state index in [2.05, 4.69) is 187 Å². The van der Waals surface area contributed by atoms with Crippen LogP contribution in [0.15, 0.2) is 220 Å². The second kappa shape index (κ2) is 13.5. The molecule has 0 aliphatic carbocycles. The summed E-state index contributed by atoms with van der Waals surface area (Å²) in [5.41, 5.74) is 11.4. The van der Waals surface area contributed by atoms with Crippen LogP contribution in [0.2, 0.25) is 0 Å². The number of nitrogens with zero attached hydrogens (tertiary/aromatic N) is 1. The summed E-state index contributed by atoms with van der Waals surface area (Å²) in [6.07, 6.45) is 3.89. The molecule has 0 bridgehead atoms. The van der Waals surface area contributed by atoms with E-state index >= 15 is 0 Å². The van der Waals surface area contributed by atoms with Crippen molar-refractivity contribution >= 4 is 99.0 Å². The largest absolute Gasteiger partial charge is 0.456 e. The highest BCUT2D eigenvalue weighted by molar-refractivity contribution is 6.20. The van der Waals surface area contributed by atoms with Gasteiger partial charge < -0.3 is 18.2 Å². The number of hydrogen-bond acceptors (Lipinski definition) is 4. The van der Waals surface area contributed by atoms with Crippen molar-refractivity contribution in [2.45, 2.75) is 0 Å². The van der Waals surface area contributed by atoms with Crippen molar-refractivity contribution in [2.24, 2.45) is 0 Å². The smallest absolute Gasteiger partial charge is 0.143 e. The van der Waals surface area contributed by atoms with Gasteiger partial charge in [-0.1, -0.05) is 152 Å². The highest BCUT2D eigenvalue weighted by Crippen LogP contribution is 2.48. The Hall–Kier alpha value is -8.08. The van der Waals surface area contributed by atoms with Gasteiger partial charge in [0.05, 0.1) is 16.8 Å². The summed E-state index contributed by atoms with van der Waals surface area (Å²) >= 11 is 0. The summed E-state index contributed by atoms with van der Waals surface area (Å²) in [5.74, 6) is 0.767. The number of furan rings is 3. The number of anilines is 3. The van der Waals surface area contributed by atoms with Gasteiger partial charge in [0, 0.05) is 49.1 Å². The van der Waals surface area contributed by atoms with Crippen molar-refractivity contribution in [1.82, 2.24) is 0 Å². The Bertz CT molecular complexity index is 3690. The summed E-state index contributed by atoms with van der Waals surface area (Å²) in [6.45, 7) is 4.16. The Labute approximate surface area is 345 Å². The topological polar surface area (TPSA) is 42.7 Å². The first kappa shape index (κ1) is 34.0. The molecule has 0 fully saturated rings. The fourth-order valence-corrected chi connectivity index (χ4v) is 9.15. The molecule has 0 amide bonds. The van der Waals surface area contributed by atoms with E-state index in [0.717, 1.165) is 121 Å². The molecule has 4 nitrogen and oxygen atoms in total. The van der Waals surface area contributed by atoms with Gasteiger partial charge in [-0.15, -0.1) is 0 Å².